The average Bonchev–Trinajstić information content (AvgIpc) is 2.91. The van der Waals surface area contributed by atoms with Gasteiger partial charge >= 0.3 is 0 Å². The Labute approximate surface area is 226 Å². The molecule has 38 heavy (non-hydrogen) atoms. The van der Waals surface area contributed by atoms with Crippen LogP contribution >= 0.6 is 11.8 Å². The maximum atomic E-state index is 13.5. The number of aryl methyl sites for hydroxylation is 1. The topological polar surface area (TPSA) is 101 Å². The fraction of sp³-hybridized carbons (Fsp3) is 0.207. The summed E-state index contributed by atoms with van der Waals surface area (Å²) >= 11 is 1.27. The fourth-order valence-corrected chi connectivity index (χ4v) is 4.80. The minimum absolute atomic E-state index is 0.144. The number of para-hydroxylation sites is 1. The van der Waals surface area contributed by atoms with Crippen LogP contribution in [0.5, 0.6) is 11.5 Å². The molecule has 0 saturated heterocycles. The Morgan fingerprint density at radius 1 is 0.921 bits per heavy atom. The third-order valence-corrected chi connectivity index (χ3v) is 6.76. The zero-order valence-electron chi connectivity index (χ0n) is 21.7. The molecule has 0 bridgehead atoms. The van der Waals surface area contributed by atoms with Crippen molar-refractivity contribution in [1.29, 1.82) is 0 Å². The molecule has 1 atom stereocenters. The van der Waals surface area contributed by atoms with Gasteiger partial charge < -0.3 is 25.4 Å². The predicted octanol–water partition coefficient (Wildman–Crippen LogP) is 5.30. The number of carbonyl (C=O) groups is 2. The first-order chi connectivity index (χ1) is 18.4. The van der Waals surface area contributed by atoms with E-state index in [2.05, 4.69) is 16.0 Å². The van der Waals surface area contributed by atoms with Gasteiger partial charge in [-0.25, -0.2) is 4.99 Å². The summed E-state index contributed by atoms with van der Waals surface area (Å²) in [6.07, 6.45) is 0. The Kier molecular flexibility index (Phi) is 8.70. The van der Waals surface area contributed by atoms with E-state index in [1.54, 1.807) is 26.4 Å². The van der Waals surface area contributed by atoms with Crippen LogP contribution < -0.4 is 25.4 Å². The molecular weight excluding hydrogens is 500 g/mol. The predicted molar refractivity (Wildman–Crippen MR) is 153 cm³/mol. The number of hydrogen-bond donors (Lipinski definition) is 3. The van der Waals surface area contributed by atoms with Crippen LogP contribution in [-0.4, -0.2) is 37.0 Å². The molecule has 0 aliphatic carbocycles. The first-order valence-corrected chi connectivity index (χ1v) is 13.0. The molecule has 1 heterocycles. The Bertz CT molecular complexity index is 1390. The molecule has 0 radical (unpaired) electrons. The maximum Gasteiger partial charge on any atom is 0.255 e. The summed E-state index contributed by atoms with van der Waals surface area (Å²) in [4.78, 5) is 30.9. The quantitative estimate of drug-likeness (QED) is 0.366. The Morgan fingerprint density at radius 3 is 2.39 bits per heavy atom. The molecule has 9 heteroatoms. The summed E-state index contributed by atoms with van der Waals surface area (Å²) in [7, 11) is 3.14. The second-order valence-electron chi connectivity index (χ2n) is 8.63. The highest BCUT2D eigenvalue weighted by molar-refractivity contribution is 8.14. The number of amides is 2. The molecule has 196 valence electrons. The monoisotopic (exact) mass is 530 g/mol. The average molecular weight is 531 g/mol. The van der Waals surface area contributed by atoms with E-state index in [1.807, 2.05) is 74.5 Å². The van der Waals surface area contributed by atoms with Crippen molar-refractivity contribution < 1.29 is 19.1 Å². The van der Waals surface area contributed by atoms with Crippen LogP contribution in [0.4, 0.5) is 11.4 Å². The van der Waals surface area contributed by atoms with E-state index in [-0.39, 0.29) is 17.6 Å². The molecule has 3 N–H and O–H groups in total. The number of rotatable bonds is 8. The molecular formula is C29H30N4O4S. The van der Waals surface area contributed by atoms with Crippen LogP contribution in [0.3, 0.4) is 0 Å². The molecule has 3 aromatic carbocycles. The molecule has 2 amide bonds. The van der Waals surface area contributed by atoms with E-state index in [1.165, 1.54) is 11.8 Å². The lowest BCUT2D eigenvalue weighted by Crippen LogP contribution is -2.33. The van der Waals surface area contributed by atoms with Crippen LogP contribution in [0, 0.1) is 6.92 Å². The Hall–Kier alpha value is -4.24. The third-order valence-electron chi connectivity index (χ3n) is 5.87. The minimum Gasteiger partial charge on any atom is -0.497 e. The van der Waals surface area contributed by atoms with Crippen LogP contribution in [-0.2, 0) is 9.59 Å². The van der Waals surface area contributed by atoms with Crippen molar-refractivity contribution in [1.82, 2.24) is 5.32 Å². The molecule has 1 aliphatic rings. The van der Waals surface area contributed by atoms with Crippen molar-refractivity contribution in [2.45, 2.75) is 19.9 Å². The van der Waals surface area contributed by atoms with Crippen LogP contribution in [0.15, 0.2) is 89.1 Å². The number of amidine groups is 1. The number of benzene rings is 3. The van der Waals surface area contributed by atoms with E-state index >= 15 is 0 Å². The number of allylic oxidation sites excluding steroid dienone is 1. The highest BCUT2D eigenvalue weighted by Gasteiger charge is 2.32. The number of carbonyl (C=O) groups excluding carboxylic acids is 2. The van der Waals surface area contributed by atoms with Crippen molar-refractivity contribution in [2.75, 3.05) is 30.6 Å². The normalized spacial score (nSPS) is 14.7. The Morgan fingerprint density at radius 2 is 1.68 bits per heavy atom. The molecule has 0 fully saturated rings. The lowest BCUT2D eigenvalue weighted by Gasteiger charge is -2.27. The zero-order valence-corrected chi connectivity index (χ0v) is 22.5. The molecule has 3 aromatic rings. The van der Waals surface area contributed by atoms with Crippen LogP contribution in [0.2, 0.25) is 0 Å². The van der Waals surface area contributed by atoms with E-state index in [9.17, 15) is 9.59 Å². The van der Waals surface area contributed by atoms with Gasteiger partial charge in [0.05, 0.1) is 25.5 Å². The van der Waals surface area contributed by atoms with Gasteiger partial charge in [-0.05, 0) is 55.8 Å². The third kappa shape index (κ3) is 6.54. The van der Waals surface area contributed by atoms with Crippen molar-refractivity contribution in [3.05, 3.63) is 95.2 Å². The minimum atomic E-state index is -0.664. The van der Waals surface area contributed by atoms with Crippen LogP contribution in [0.25, 0.3) is 0 Å². The smallest absolute Gasteiger partial charge is 0.255 e. The summed E-state index contributed by atoms with van der Waals surface area (Å²) in [5.41, 5.74) is 4.27. The second-order valence-corrected chi connectivity index (χ2v) is 9.60. The Balaban J connectivity index is 1.60. The number of anilines is 2. The lowest BCUT2D eigenvalue weighted by molar-refractivity contribution is -0.114. The molecule has 0 unspecified atom stereocenters. The van der Waals surface area contributed by atoms with Gasteiger partial charge in [-0.3, -0.25) is 9.59 Å². The van der Waals surface area contributed by atoms with Crippen LogP contribution in [0.1, 0.15) is 24.1 Å². The second kappa shape index (κ2) is 12.3. The van der Waals surface area contributed by atoms with E-state index in [0.717, 1.165) is 11.3 Å². The molecule has 1 aliphatic heterocycles. The number of nitrogens with zero attached hydrogens (tertiary/aromatic N) is 1. The number of methoxy groups -OCH3 is 2. The van der Waals surface area contributed by atoms with Gasteiger partial charge in [-0.15, -0.1) is 0 Å². The van der Waals surface area contributed by atoms with Gasteiger partial charge in [0.1, 0.15) is 17.5 Å². The van der Waals surface area contributed by atoms with Gasteiger partial charge in [0.2, 0.25) is 5.91 Å². The summed E-state index contributed by atoms with van der Waals surface area (Å²) in [5.74, 6) is 0.874. The lowest BCUT2D eigenvalue weighted by atomic mass is 9.95. The summed E-state index contributed by atoms with van der Waals surface area (Å²) < 4.78 is 11.0. The summed E-state index contributed by atoms with van der Waals surface area (Å²) in [6, 6.07) is 21.6. The highest BCUT2D eigenvalue weighted by Crippen LogP contribution is 2.39. The van der Waals surface area contributed by atoms with Crippen molar-refractivity contribution >= 4 is 40.1 Å². The van der Waals surface area contributed by atoms with Crippen molar-refractivity contribution in [3.8, 4) is 11.5 Å². The molecule has 8 nitrogen and oxygen atoms in total. The summed E-state index contributed by atoms with van der Waals surface area (Å²) in [5, 5.41) is 9.60. The fourth-order valence-electron chi connectivity index (χ4n) is 4.06. The number of aliphatic imine (C=N–C) groups is 1. The number of ether oxygens (including phenoxy) is 2. The number of nitrogens with one attached hydrogen (secondary N) is 3. The SMILES string of the molecule is COc1ccc([C@@H]2N=C(SCC(=O)Nc3cccc(C)c3)NC(C)=C2C(=O)Nc2ccccc2)c(OC)c1. The molecule has 0 aromatic heterocycles. The zero-order chi connectivity index (χ0) is 27.1. The first-order valence-electron chi connectivity index (χ1n) is 12.0. The summed E-state index contributed by atoms with van der Waals surface area (Å²) in [6.45, 7) is 3.80. The molecule has 0 saturated carbocycles. The largest absolute Gasteiger partial charge is 0.497 e. The van der Waals surface area contributed by atoms with E-state index < -0.39 is 6.04 Å². The van der Waals surface area contributed by atoms with Crippen molar-refractivity contribution in [3.63, 3.8) is 0 Å². The van der Waals surface area contributed by atoms with Gasteiger partial charge in [-0.1, -0.05) is 42.1 Å². The van der Waals surface area contributed by atoms with Gasteiger partial charge in [0, 0.05) is 28.7 Å². The van der Waals surface area contributed by atoms with Gasteiger partial charge in [-0.2, -0.15) is 0 Å². The standard InChI is InChI=1S/C29H30N4O4S/c1-18-9-8-12-21(15-18)31-25(34)17-38-29-30-19(2)26(28(35)32-20-10-6-5-7-11-20)27(33-29)23-14-13-22(36-3)16-24(23)37-4/h5-16,27H,17H2,1-4H3,(H,30,33)(H,31,34)(H,32,35)/t27-/m0/s1. The number of hydrogen-bond acceptors (Lipinski definition) is 7. The highest BCUT2D eigenvalue weighted by atomic mass is 32.2. The van der Waals surface area contributed by atoms with E-state index in [4.69, 9.17) is 14.5 Å². The molecule has 4 rings (SSSR count). The van der Waals surface area contributed by atoms with Gasteiger partial charge in [0.15, 0.2) is 5.17 Å². The first kappa shape index (κ1) is 26.8. The van der Waals surface area contributed by atoms with Crippen molar-refractivity contribution in [2.24, 2.45) is 4.99 Å². The van der Waals surface area contributed by atoms with Gasteiger partial charge in [0.25, 0.3) is 5.91 Å². The number of thioether (sulfide) groups is 1. The molecule has 0 spiro atoms. The van der Waals surface area contributed by atoms with E-state index in [0.29, 0.717) is 39.2 Å². The maximum absolute atomic E-state index is 13.5.